The molecule has 0 aromatic heterocycles. The first-order valence-electron chi connectivity index (χ1n) is 7.85. The summed E-state index contributed by atoms with van der Waals surface area (Å²) in [6.45, 7) is 9.71. The normalized spacial score (nSPS) is 22.1. The van der Waals surface area contributed by atoms with Crippen LogP contribution in [0.5, 0.6) is 0 Å². The summed E-state index contributed by atoms with van der Waals surface area (Å²) in [7, 11) is -0.804. The molecule has 1 aromatic rings. The smallest absolute Gasteiger partial charge is 0.358 e. The summed E-state index contributed by atoms with van der Waals surface area (Å²) >= 11 is 0. The van der Waals surface area contributed by atoms with Gasteiger partial charge in [-0.15, -0.1) is 0 Å². The van der Waals surface area contributed by atoms with Crippen LogP contribution in [0.4, 0.5) is 0 Å². The van der Waals surface area contributed by atoms with E-state index in [1.807, 2.05) is 0 Å². The minimum atomic E-state index is -0.804. The molecule has 0 aliphatic heterocycles. The molecule has 0 bridgehead atoms. The largest absolute Gasteiger partial charge is 2.00 e. The molecule has 1 fully saturated rings. The van der Waals surface area contributed by atoms with Gasteiger partial charge in [0, 0.05) is 6.66 Å². The molecule has 1 aliphatic carbocycles. The summed E-state index contributed by atoms with van der Waals surface area (Å²) in [6.07, 6.45) is 9.58. The molecule has 0 spiro atoms. The Hall–Kier alpha value is 0.169. The molecule has 2 heteroatoms. The summed E-state index contributed by atoms with van der Waals surface area (Å²) in [5, 5.41) is 0. The number of benzene rings is 1. The minimum Gasteiger partial charge on any atom is -0.358 e. The Morgan fingerprint density at radius 3 is 2.38 bits per heavy atom. The van der Waals surface area contributed by atoms with E-state index in [1.54, 1.807) is 5.56 Å². The van der Waals surface area contributed by atoms with Gasteiger partial charge in [0.2, 0.25) is 0 Å². The average molecular weight is 347 g/mol. The van der Waals surface area contributed by atoms with Crippen molar-refractivity contribution in [2.24, 2.45) is 0 Å². The molecule has 2 rings (SSSR count). The molecule has 0 radical (unpaired) electrons. The summed E-state index contributed by atoms with van der Waals surface area (Å²) in [5.41, 5.74) is 3.97. The molecule has 120 valence electrons. The number of aryl methyl sites for hydroxylation is 1. The van der Waals surface area contributed by atoms with E-state index in [1.165, 1.54) is 37.1 Å². The first-order valence-corrected chi connectivity index (χ1v) is 10.5. The Balaban J connectivity index is 0.00000200. The quantitative estimate of drug-likeness (QED) is 0.358. The summed E-state index contributed by atoms with van der Waals surface area (Å²) in [5.74, 6) is 0.785. The standard InChI is InChI=1S/C18H29P.CH3.Fe/c1-5-19(4,6-2)18-14-10-9-13-17(18)16-12-8-7-11-15(16)3;;/h7-8,11-12,14,17-18H,5-6,9-10,13H2,1-4H3;1H3;/q;-1;+2. The van der Waals surface area contributed by atoms with Crippen LogP contribution in [0, 0.1) is 20.8 Å². The number of hydrogen-bond acceptors (Lipinski definition) is 0. The van der Waals surface area contributed by atoms with Gasteiger partial charge in [0.05, 0.1) is 12.3 Å². The van der Waals surface area contributed by atoms with Gasteiger partial charge in [0.15, 0.2) is 0 Å². The fourth-order valence-corrected chi connectivity index (χ4v) is 6.76. The van der Waals surface area contributed by atoms with E-state index in [9.17, 15) is 0 Å². The van der Waals surface area contributed by atoms with Crippen LogP contribution in [0.15, 0.2) is 24.3 Å². The molecule has 2 unspecified atom stereocenters. The monoisotopic (exact) mass is 347 g/mol. The molecule has 1 saturated carbocycles. The molecular formula is C19H32FeP+. The maximum atomic E-state index is 2.68. The van der Waals surface area contributed by atoms with Gasteiger partial charge in [-0.1, -0.05) is 30.7 Å². The van der Waals surface area contributed by atoms with Gasteiger partial charge in [-0.3, -0.25) is 6.42 Å². The molecule has 0 N–H and O–H groups in total. The van der Waals surface area contributed by atoms with Crippen molar-refractivity contribution in [1.82, 2.24) is 0 Å². The van der Waals surface area contributed by atoms with Crippen LogP contribution in [0.25, 0.3) is 0 Å². The van der Waals surface area contributed by atoms with E-state index in [0.29, 0.717) is 0 Å². The maximum Gasteiger partial charge on any atom is 2.00 e. The molecular weight excluding hydrogens is 315 g/mol. The summed E-state index contributed by atoms with van der Waals surface area (Å²) in [6, 6.07) is 9.06. The molecule has 0 nitrogen and oxygen atoms in total. The van der Waals surface area contributed by atoms with Crippen molar-refractivity contribution in [3.63, 3.8) is 0 Å². The Bertz CT molecular complexity index is 412. The Morgan fingerprint density at radius 1 is 1.19 bits per heavy atom. The molecule has 21 heavy (non-hydrogen) atoms. The van der Waals surface area contributed by atoms with Crippen LogP contribution in [0.2, 0.25) is 0 Å². The van der Waals surface area contributed by atoms with Crippen LogP contribution in [0.1, 0.15) is 50.2 Å². The molecule has 1 aliphatic rings. The minimum absolute atomic E-state index is 0. The first-order chi connectivity index (χ1) is 9.12. The predicted molar refractivity (Wildman–Crippen MR) is 96.2 cm³/mol. The van der Waals surface area contributed by atoms with Crippen LogP contribution in [-0.4, -0.2) is 24.6 Å². The third kappa shape index (κ3) is 4.57. The van der Waals surface area contributed by atoms with Gasteiger partial charge < -0.3 is 7.43 Å². The second-order valence-corrected chi connectivity index (χ2v) is 11.1. The number of rotatable bonds is 4. The zero-order chi connectivity index (χ0) is 13.9. The van der Waals surface area contributed by atoms with Crippen molar-refractivity contribution in [3.05, 3.63) is 49.2 Å². The van der Waals surface area contributed by atoms with E-state index in [-0.39, 0.29) is 24.5 Å². The third-order valence-corrected chi connectivity index (χ3v) is 10.2. The molecule has 2 atom stereocenters. The van der Waals surface area contributed by atoms with Gasteiger partial charge in [-0.25, -0.2) is 0 Å². The Kier molecular flexibility index (Phi) is 9.42. The Morgan fingerprint density at radius 2 is 1.81 bits per heavy atom. The van der Waals surface area contributed by atoms with Crippen LogP contribution in [0.3, 0.4) is 0 Å². The Labute approximate surface area is 144 Å². The second-order valence-electron chi connectivity index (χ2n) is 6.23. The predicted octanol–water partition coefficient (Wildman–Crippen LogP) is 5.97. The molecule has 0 amide bonds. The van der Waals surface area contributed by atoms with Gasteiger partial charge in [0.25, 0.3) is 0 Å². The van der Waals surface area contributed by atoms with E-state index in [0.717, 1.165) is 11.6 Å². The van der Waals surface area contributed by atoms with Crippen molar-refractivity contribution in [3.8, 4) is 0 Å². The summed E-state index contributed by atoms with van der Waals surface area (Å²) in [4.78, 5) is 0. The average Bonchev–Trinajstić information content (AvgIpc) is 2.47. The zero-order valence-corrected chi connectivity index (χ0v) is 16.4. The summed E-state index contributed by atoms with van der Waals surface area (Å²) < 4.78 is 0. The van der Waals surface area contributed by atoms with E-state index in [2.05, 4.69) is 58.1 Å². The second kappa shape index (κ2) is 9.34. The topological polar surface area (TPSA) is 0 Å². The van der Waals surface area contributed by atoms with Gasteiger partial charge in [-0.2, -0.15) is 6.42 Å². The third-order valence-electron chi connectivity index (χ3n) is 5.29. The first kappa shape index (κ1) is 21.2. The fourth-order valence-electron chi connectivity index (χ4n) is 3.64. The van der Waals surface area contributed by atoms with Crippen molar-refractivity contribution in [1.29, 1.82) is 0 Å². The van der Waals surface area contributed by atoms with Crippen molar-refractivity contribution < 1.29 is 17.1 Å². The van der Waals surface area contributed by atoms with E-state index >= 15 is 0 Å². The number of hydrogen-bond donors (Lipinski definition) is 0. The zero-order valence-electron chi connectivity index (χ0n) is 14.4. The van der Waals surface area contributed by atoms with E-state index < -0.39 is 7.26 Å². The van der Waals surface area contributed by atoms with Crippen molar-refractivity contribution >= 4 is 7.26 Å². The van der Waals surface area contributed by atoms with Crippen LogP contribution in [-0.2, 0) is 17.1 Å². The fraction of sp³-hybridized carbons (Fsp3) is 0.579. The van der Waals surface area contributed by atoms with Crippen molar-refractivity contribution in [2.45, 2.75) is 51.6 Å². The maximum absolute atomic E-state index is 2.68. The van der Waals surface area contributed by atoms with Crippen molar-refractivity contribution in [2.75, 3.05) is 19.0 Å². The van der Waals surface area contributed by atoms with Gasteiger partial charge >= 0.3 is 17.1 Å². The SMILES string of the molecule is CC[P+](C)(CC)C1[CH-]CCCC1c1ccccc1C.[CH3-].[Fe+2]. The van der Waals surface area contributed by atoms with E-state index in [4.69, 9.17) is 0 Å². The van der Waals surface area contributed by atoms with Gasteiger partial charge in [0.1, 0.15) is 0 Å². The van der Waals surface area contributed by atoms with Crippen LogP contribution >= 0.6 is 7.26 Å². The molecule has 0 heterocycles. The van der Waals surface area contributed by atoms with Gasteiger partial charge in [-0.05, 0) is 57.2 Å². The molecule has 1 aromatic carbocycles. The van der Waals surface area contributed by atoms with Crippen LogP contribution < -0.4 is 0 Å². The molecule has 0 saturated heterocycles.